The van der Waals surface area contributed by atoms with Gasteiger partial charge >= 0.3 is 0 Å². The Bertz CT molecular complexity index is 844. The first-order valence-electron chi connectivity index (χ1n) is 9.91. The fraction of sp³-hybridized carbons (Fsp3) is 0.409. The molecule has 3 N–H and O–H groups in total. The minimum Gasteiger partial charge on any atom is -0.505 e. The summed E-state index contributed by atoms with van der Waals surface area (Å²) in [5, 5.41) is 15.9. The average Bonchev–Trinajstić information content (AvgIpc) is 3.27. The van der Waals surface area contributed by atoms with Crippen molar-refractivity contribution in [1.82, 2.24) is 15.5 Å². The highest BCUT2D eigenvalue weighted by atomic mass is 127. The fourth-order valence-corrected chi connectivity index (χ4v) is 3.69. The van der Waals surface area contributed by atoms with Crippen molar-refractivity contribution in [1.29, 1.82) is 0 Å². The Hall–Kier alpha value is -2.07. The van der Waals surface area contributed by atoms with Gasteiger partial charge in [0.05, 0.1) is 13.2 Å². The lowest BCUT2D eigenvalue weighted by molar-refractivity contribution is 0.239. The molecule has 0 saturated carbocycles. The van der Waals surface area contributed by atoms with Crippen LogP contribution in [0.15, 0.2) is 47.5 Å². The Balaban J connectivity index is 0.00000320. The number of nitrogens with zero attached hydrogens (tertiary/aromatic N) is 2. The number of phenols is 1. The van der Waals surface area contributed by atoms with Gasteiger partial charge in [-0.3, -0.25) is 9.89 Å². The summed E-state index contributed by atoms with van der Waals surface area (Å²) >= 11 is 0. The Kier molecular flexibility index (Phi) is 9.64. The molecule has 0 aromatic heterocycles. The Morgan fingerprint density at radius 3 is 2.60 bits per heavy atom. The van der Waals surface area contributed by atoms with Crippen molar-refractivity contribution >= 4 is 29.9 Å². The number of ether oxygens (including phenoxy) is 1. The van der Waals surface area contributed by atoms with Crippen molar-refractivity contribution in [2.75, 3.05) is 33.8 Å². The minimum atomic E-state index is -0.627. The van der Waals surface area contributed by atoms with E-state index in [-0.39, 0.29) is 35.8 Å². The van der Waals surface area contributed by atoms with E-state index < -0.39 is 5.82 Å². The summed E-state index contributed by atoms with van der Waals surface area (Å²) in [5.74, 6) is 0.547. The quantitative estimate of drug-likeness (QED) is 0.291. The van der Waals surface area contributed by atoms with Gasteiger partial charge in [0.25, 0.3) is 0 Å². The van der Waals surface area contributed by atoms with Crippen LogP contribution in [0.25, 0.3) is 0 Å². The summed E-state index contributed by atoms with van der Waals surface area (Å²) in [6.45, 7) is 3.19. The molecule has 3 rings (SSSR count). The van der Waals surface area contributed by atoms with Crippen LogP contribution >= 0.6 is 24.0 Å². The number of likely N-dealkylation sites (tertiary alicyclic amines) is 1. The molecule has 2 aromatic carbocycles. The molecule has 1 aliphatic heterocycles. The highest BCUT2D eigenvalue weighted by Gasteiger charge is 2.26. The molecule has 1 heterocycles. The maximum absolute atomic E-state index is 13.5. The van der Waals surface area contributed by atoms with E-state index in [0.717, 1.165) is 30.0 Å². The molecular weight excluding hydrogens is 498 g/mol. The van der Waals surface area contributed by atoms with Gasteiger partial charge in [-0.05, 0) is 49.7 Å². The summed E-state index contributed by atoms with van der Waals surface area (Å²) < 4.78 is 19.1. The molecule has 0 bridgehead atoms. The molecule has 1 unspecified atom stereocenters. The molecule has 1 fully saturated rings. The smallest absolute Gasteiger partial charge is 0.191 e. The predicted molar refractivity (Wildman–Crippen MR) is 128 cm³/mol. The van der Waals surface area contributed by atoms with E-state index in [0.29, 0.717) is 19.0 Å². The predicted octanol–water partition coefficient (Wildman–Crippen LogP) is 3.66. The number of aromatic hydroxyl groups is 1. The molecule has 6 nitrogen and oxygen atoms in total. The SMILES string of the molecule is CN=C(NCc1ccc(O)c(F)c1)NCC(c1ccccc1OC)N1CCCC1.I. The molecule has 1 saturated heterocycles. The number of nitrogens with one attached hydrogen (secondary N) is 2. The number of hydrogen-bond donors (Lipinski definition) is 3. The van der Waals surface area contributed by atoms with Gasteiger partial charge in [-0.25, -0.2) is 4.39 Å². The summed E-state index contributed by atoms with van der Waals surface area (Å²) in [5.41, 5.74) is 1.88. The highest BCUT2D eigenvalue weighted by Crippen LogP contribution is 2.31. The summed E-state index contributed by atoms with van der Waals surface area (Å²) in [4.78, 5) is 6.75. The second-order valence-electron chi connectivity index (χ2n) is 7.09. The molecule has 164 valence electrons. The van der Waals surface area contributed by atoms with Crippen molar-refractivity contribution in [3.63, 3.8) is 0 Å². The number of para-hydroxylation sites is 1. The van der Waals surface area contributed by atoms with Crippen molar-refractivity contribution in [3.05, 3.63) is 59.4 Å². The molecule has 0 radical (unpaired) electrons. The third-order valence-corrected chi connectivity index (χ3v) is 5.24. The Morgan fingerprint density at radius 2 is 1.93 bits per heavy atom. The third-order valence-electron chi connectivity index (χ3n) is 5.24. The van der Waals surface area contributed by atoms with Crippen LogP contribution in [0, 0.1) is 5.82 Å². The third kappa shape index (κ3) is 6.21. The van der Waals surface area contributed by atoms with E-state index in [2.05, 4.69) is 26.6 Å². The number of halogens is 2. The molecule has 0 spiro atoms. The van der Waals surface area contributed by atoms with Crippen LogP contribution in [0.4, 0.5) is 4.39 Å². The van der Waals surface area contributed by atoms with Gasteiger partial charge in [-0.2, -0.15) is 0 Å². The maximum Gasteiger partial charge on any atom is 0.191 e. The number of methoxy groups -OCH3 is 1. The van der Waals surface area contributed by atoms with Gasteiger partial charge in [0, 0.05) is 25.7 Å². The molecule has 30 heavy (non-hydrogen) atoms. The molecule has 1 atom stereocenters. The molecular formula is C22H30FIN4O2. The van der Waals surface area contributed by atoms with Crippen LogP contribution < -0.4 is 15.4 Å². The molecule has 0 amide bonds. The molecule has 0 aliphatic carbocycles. The van der Waals surface area contributed by atoms with Gasteiger partial charge in [-0.1, -0.05) is 24.3 Å². The second kappa shape index (κ2) is 11.9. The van der Waals surface area contributed by atoms with E-state index >= 15 is 0 Å². The van der Waals surface area contributed by atoms with E-state index in [1.165, 1.54) is 25.0 Å². The lowest BCUT2D eigenvalue weighted by atomic mass is 10.0. The first kappa shape index (κ1) is 24.2. The Morgan fingerprint density at radius 1 is 1.20 bits per heavy atom. The zero-order chi connectivity index (χ0) is 20.6. The molecule has 1 aliphatic rings. The average molecular weight is 528 g/mol. The first-order valence-corrected chi connectivity index (χ1v) is 9.91. The number of rotatable bonds is 7. The number of guanidine groups is 1. The van der Waals surface area contributed by atoms with E-state index in [1.807, 2.05) is 18.2 Å². The standard InChI is InChI=1S/C22H29FN4O2.HI/c1-24-22(25-14-16-9-10-20(28)18(23)13-16)26-15-19(27-11-5-6-12-27)17-7-3-4-8-21(17)29-2;/h3-4,7-10,13,19,28H,5-6,11-12,14-15H2,1-2H3,(H2,24,25,26);1H. The summed E-state index contributed by atoms with van der Waals surface area (Å²) in [6.07, 6.45) is 2.40. The van der Waals surface area contributed by atoms with Crippen LogP contribution in [-0.4, -0.2) is 49.8 Å². The van der Waals surface area contributed by atoms with Crippen molar-refractivity contribution < 1.29 is 14.2 Å². The monoisotopic (exact) mass is 528 g/mol. The first-order chi connectivity index (χ1) is 14.1. The number of hydrogen-bond acceptors (Lipinski definition) is 4. The lowest BCUT2D eigenvalue weighted by Gasteiger charge is -2.30. The Labute approximate surface area is 194 Å². The van der Waals surface area contributed by atoms with Gasteiger partial charge in [0.1, 0.15) is 5.75 Å². The van der Waals surface area contributed by atoms with Gasteiger partial charge in [0.15, 0.2) is 17.5 Å². The summed E-state index contributed by atoms with van der Waals surface area (Å²) in [6, 6.07) is 12.6. The van der Waals surface area contributed by atoms with Gasteiger partial charge < -0.3 is 20.5 Å². The zero-order valence-corrected chi connectivity index (χ0v) is 19.7. The fourth-order valence-electron chi connectivity index (χ4n) is 3.69. The van der Waals surface area contributed by atoms with E-state index in [4.69, 9.17) is 4.74 Å². The van der Waals surface area contributed by atoms with Crippen LogP contribution in [0.5, 0.6) is 11.5 Å². The number of phenolic OH excluding ortho intramolecular Hbond substituents is 1. The normalized spacial score (nSPS) is 15.4. The van der Waals surface area contributed by atoms with Crippen molar-refractivity contribution in [3.8, 4) is 11.5 Å². The lowest BCUT2D eigenvalue weighted by Crippen LogP contribution is -2.42. The second-order valence-corrected chi connectivity index (χ2v) is 7.09. The summed E-state index contributed by atoms with van der Waals surface area (Å²) in [7, 11) is 3.41. The largest absolute Gasteiger partial charge is 0.505 e. The van der Waals surface area contributed by atoms with Crippen LogP contribution in [0.2, 0.25) is 0 Å². The van der Waals surface area contributed by atoms with Crippen LogP contribution in [-0.2, 0) is 6.54 Å². The minimum absolute atomic E-state index is 0. The van der Waals surface area contributed by atoms with Gasteiger partial charge in [0.2, 0.25) is 0 Å². The maximum atomic E-state index is 13.5. The van der Waals surface area contributed by atoms with Crippen LogP contribution in [0.3, 0.4) is 0 Å². The van der Waals surface area contributed by atoms with Crippen molar-refractivity contribution in [2.45, 2.75) is 25.4 Å². The van der Waals surface area contributed by atoms with Gasteiger partial charge in [-0.15, -0.1) is 24.0 Å². The molecule has 2 aromatic rings. The topological polar surface area (TPSA) is 69.1 Å². The number of aliphatic imine (C=N–C) groups is 1. The zero-order valence-electron chi connectivity index (χ0n) is 17.4. The number of benzene rings is 2. The van der Waals surface area contributed by atoms with Crippen LogP contribution in [0.1, 0.15) is 30.0 Å². The molecule has 8 heteroatoms. The van der Waals surface area contributed by atoms with E-state index in [9.17, 15) is 9.50 Å². The van der Waals surface area contributed by atoms with Crippen molar-refractivity contribution in [2.24, 2.45) is 4.99 Å². The van der Waals surface area contributed by atoms with E-state index in [1.54, 1.807) is 20.2 Å². The highest BCUT2D eigenvalue weighted by molar-refractivity contribution is 14.0.